The second-order valence-corrected chi connectivity index (χ2v) is 4.77. The van der Waals surface area contributed by atoms with Crippen LogP contribution in [0.15, 0.2) is 40.3 Å². The summed E-state index contributed by atoms with van der Waals surface area (Å²) in [6.45, 7) is 1.99. The summed E-state index contributed by atoms with van der Waals surface area (Å²) in [5.74, 6) is 0.851. The summed E-state index contributed by atoms with van der Waals surface area (Å²) in [5, 5.41) is 8.41. The Morgan fingerprint density at radius 3 is 2.67 bits per heavy atom. The fourth-order valence-corrected chi connectivity index (χ4v) is 1.92. The molecule has 1 aromatic heterocycles. The third-order valence-corrected chi connectivity index (χ3v) is 2.96. The van der Waals surface area contributed by atoms with Crippen LogP contribution in [0.3, 0.4) is 0 Å². The van der Waals surface area contributed by atoms with E-state index in [0.29, 0.717) is 10.9 Å². The van der Waals surface area contributed by atoms with Crippen molar-refractivity contribution in [1.29, 1.82) is 0 Å². The third-order valence-electron chi connectivity index (χ3n) is 2.22. The molecule has 18 heavy (non-hydrogen) atoms. The zero-order chi connectivity index (χ0) is 12.8. The molecule has 0 bridgehead atoms. The molecule has 0 radical (unpaired) electrons. The minimum atomic E-state index is -0.215. The van der Waals surface area contributed by atoms with E-state index in [4.69, 9.17) is 0 Å². The molecule has 2 aromatic rings. The minimum Gasteiger partial charge on any atom is -0.298 e. The smallest absolute Gasteiger partial charge is 0.277 e. The maximum Gasteiger partial charge on any atom is 0.277 e. The molecule has 0 amide bonds. The molecular formula is C13H13N3OS. The normalized spacial score (nSPS) is 10.9. The number of rotatable bonds is 4. The molecule has 92 valence electrons. The van der Waals surface area contributed by atoms with E-state index >= 15 is 0 Å². The lowest BCUT2D eigenvalue weighted by Gasteiger charge is -1.96. The molecule has 0 saturated heterocycles. The molecule has 0 unspecified atom stereocenters. The van der Waals surface area contributed by atoms with Gasteiger partial charge in [-0.3, -0.25) is 9.78 Å². The Balaban J connectivity index is 2.20. The molecule has 5 heteroatoms. The number of thioether (sulfide) groups is 1. The van der Waals surface area contributed by atoms with Gasteiger partial charge in [0.05, 0.1) is 0 Å². The molecule has 2 rings (SSSR count). The van der Waals surface area contributed by atoms with Gasteiger partial charge in [0.2, 0.25) is 0 Å². The summed E-state index contributed by atoms with van der Waals surface area (Å²) in [6, 6.07) is 9.74. The van der Waals surface area contributed by atoms with Crippen molar-refractivity contribution < 1.29 is 0 Å². The predicted octanol–water partition coefficient (Wildman–Crippen LogP) is 2.45. The van der Waals surface area contributed by atoms with Crippen LogP contribution in [0.25, 0.3) is 12.2 Å². The highest BCUT2D eigenvalue weighted by atomic mass is 32.2. The molecule has 0 aliphatic heterocycles. The van der Waals surface area contributed by atoms with Gasteiger partial charge >= 0.3 is 0 Å². The standard InChI is InChI=1S/C13H13N3OS/c1-2-18-13-14-12(17)11(15-16-13)9-8-10-6-4-3-5-7-10/h3-9H,2H2,1H3,(H,14,16,17)/b9-8-. The van der Waals surface area contributed by atoms with Crippen molar-refractivity contribution in [3.8, 4) is 0 Å². The van der Waals surface area contributed by atoms with Gasteiger partial charge in [-0.15, -0.1) is 10.2 Å². The predicted molar refractivity (Wildman–Crippen MR) is 74.4 cm³/mol. The van der Waals surface area contributed by atoms with Crippen LogP contribution in [0.1, 0.15) is 18.2 Å². The lowest BCUT2D eigenvalue weighted by Crippen LogP contribution is -2.14. The van der Waals surface area contributed by atoms with Crippen LogP contribution in [0.5, 0.6) is 0 Å². The van der Waals surface area contributed by atoms with E-state index in [-0.39, 0.29) is 5.56 Å². The number of benzene rings is 1. The fraction of sp³-hybridized carbons (Fsp3) is 0.154. The first-order valence-corrected chi connectivity index (χ1v) is 6.61. The van der Waals surface area contributed by atoms with E-state index in [2.05, 4.69) is 15.2 Å². The topological polar surface area (TPSA) is 58.6 Å². The van der Waals surface area contributed by atoms with Crippen molar-refractivity contribution in [3.63, 3.8) is 0 Å². The van der Waals surface area contributed by atoms with Gasteiger partial charge in [0.25, 0.3) is 5.56 Å². The molecule has 1 aromatic carbocycles. The number of nitrogens with zero attached hydrogens (tertiary/aromatic N) is 2. The van der Waals surface area contributed by atoms with Crippen molar-refractivity contribution in [2.75, 3.05) is 5.75 Å². The number of aromatic nitrogens is 3. The Hall–Kier alpha value is -1.88. The molecule has 1 heterocycles. The SMILES string of the molecule is CCSc1nnc(/C=C\c2ccccc2)c(=O)[nH]1. The first kappa shape index (κ1) is 12.6. The quantitative estimate of drug-likeness (QED) is 0.857. The van der Waals surface area contributed by atoms with E-state index in [0.717, 1.165) is 11.3 Å². The van der Waals surface area contributed by atoms with Gasteiger partial charge in [-0.25, -0.2) is 0 Å². The molecule has 0 spiro atoms. The number of aromatic amines is 1. The van der Waals surface area contributed by atoms with Crippen LogP contribution in [0, 0.1) is 0 Å². The average Bonchev–Trinajstić information content (AvgIpc) is 2.39. The summed E-state index contributed by atoms with van der Waals surface area (Å²) in [7, 11) is 0. The maximum absolute atomic E-state index is 11.7. The van der Waals surface area contributed by atoms with Crippen LogP contribution < -0.4 is 5.56 Å². The van der Waals surface area contributed by atoms with Crippen molar-refractivity contribution >= 4 is 23.9 Å². The first-order chi connectivity index (χ1) is 8.79. The molecule has 0 fully saturated rings. The maximum atomic E-state index is 11.7. The Morgan fingerprint density at radius 1 is 1.22 bits per heavy atom. The zero-order valence-corrected chi connectivity index (χ0v) is 10.8. The number of H-pyrrole nitrogens is 1. The van der Waals surface area contributed by atoms with E-state index in [1.807, 2.05) is 43.3 Å². The molecule has 0 atom stereocenters. The van der Waals surface area contributed by atoms with E-state index in [1.54, 1.807) is 6.08 Å². The third kappa shape index (κ3) is 3.30. The van der Waals surface area contributed by atoms with Crippen molar-refractivity contribution in [3.05, 3.63) is 51.9 Å². The summed E-state index contributed by atoms with van der Waals surface area (Å²) in [6.07, 6.45) is 3.51. The van der Waals surface area contributed by atoms with Crippen molar-refractivity contribution in [1.82, 2.24) is 15.2 Å². The van der Waals surface area contributed by atoms with Crippen molar-refractivity contribution in [2.45, 2.75) is 12.1 Å². The Morgan fingerprint density at radius 2 is 2.00 bits per heavy atom. The van der Waals surface area contributed by atoms with Gasteiger partial charge in [-0.05, 0) is 17.4 Å². The largest absolute Gasteiger partial charge is 0.298 e. The number of hydrogen-bond acceptors (Lipinski definition) is 4. The lowest BCUT2D eigenvalue weighted by molar-refractivity contribution is 0.810. The molecule has 0 saturated carbocycles. The second-order valence-electron chi connectivity index (χ2n) is 3.52. The Bertz CT molecular complexity index is 593. The zero-order valence-electron chi connectivity index (χ0n) is 9.96. The van der Waals surface area contributed by atoms with Gasteiger partial charge in [0.15, 0.2) is 10.9 Å². The summed E-state index contributed by atoms with van der Waals surface area (Å²) in [4.78, 5) is 14.4. The van der Waals surface area contributed by atoms with Crippen LogP contribution in [0.2, 0.25) is 0 Å². The molecule has 0 aliphatic carbocycles. The highest BCUT2D eigenvalue weighted by molar-refractivity contribution is 7.99. The molecule has 0 aliphatic rings. The van der Waals surface area contributed by atoms with Gasteiger partial charge in [0.1, 0.15) is 0 Å². The summed E-state index contributed by atoms with van der Waals surface area (Å²) in [5.41, 5.74) is 1.12. The minimum absolute atomic E-state index is 0.215. The number of nitrogens with one attached hydrogen (secondary N) is 1. The second kappa shape index (κ2) is 6.16. The number of hydrogen-bond donors (Lipinski definition) is 1. The molecule has 4 nitrogen and oxygen atoms in total. The molecular weight excluding hydrogens is 246 g/mol. The van der Waals surface area contributed by atoms with Crippen molar-refractivity contribution in [2.24, 2.45) is 0 Å². The monoisotopic (exact) mass is 259 g/mol. The lowest BCUT2D eigenvalue weighted by atomic mass is 10.2. The summed E-state index contributed by atoms with van der Waals surface area (Å²) < 4.78 is 0. The highest BCUT2D eigenvalue weighted by Crippen LogP contribution is 2.08. The van der Waals surface area contributed by atoms with E-state index < -0.39 is 0 Å². The van der Waals surface area contributed by atoms with Gasteiger partial charge < -0.3 is 0 Å². The Labute approximate surface area is 109 Å². The Kier molecular flexibility index (Phi) is 4.30. The van der Waals surface area contributed by atoms with E-state index in [9.17, 15) is 4.79 Å². The van der Waals surface area contributed by atoms with Crippen LogP contribution in [-0.4, -0.2) is 20.9 Å². The van der Waals surface area contributed by atoms with Gasteiger partial charge in [-0.2, -0.15) is 0 Å². The first-order valence-electron chi connectivity index (χ1n) is 5.62. The van der Waals surface area contributed by atoms with Gasteiger partial charge in [-0.1, -0.05) is 55.1 Å². The average molecular weight is 259 g/mol. The summed E-state index contributed by atoms with van der Waals surface area (Å²) >= 11 is 1.46. The van der Waals surface area contributed by atoms with Crippen LogP contribution >= 0.6 is 11.8 Å². The molecule has 1 N–H and O–H groups in total. The fourth-order valence-electron chi connectivity index (χ4n) is 1.38. The van der Waals surface area contributed by atoms with Crippen LogP contribution in [0.4, 0.5) is 0 Å². The highest BCUT2D eigenvalue weighted by Gasteiger charge is 2.01. The van der Waals surface area contributed by atoms with Crippen LogP contribution in [-0.2, 0) is 0 Å². The van der Waals surface area contributed by atoms with E-state index in [1.165, 1.54) is 11.8 Å². The van der Waals surface area contributed by atoms with Gasteiger partial charge in [0, 0.05) is 0 Å².